The van der Waals surface area contributed by atoms with E-state index in [1.807, 2.05) is 0 Å². The molecule has 0 spiro atoms. The van der Waals surface area contributed by atoms with Gasteiger partial charge in [0, 0.05) is 23.3 Å². The fourth-order valence-corrected chi connectivity index (χ4v) is 1.04. The number of hydrogen-bond donors (Lipinski definition) is 2. The normalized spacial score (nSPS) is 14.0. The molecule has 30 heavy (non-hydrogen) atoms. The Labute approximate surface area is 175 Å². The molecule has 0 saturated carbocycles. The van der Waals surface area contributed by atoms with E-state index in [9.17, 15) is 24.3 Å². The zero-order valence-electron chi connectivity index (χ0n) is 17.1. The zero-order valence-corrected chi connectivity index (χ0v) is 17.1. The lowest BCUT2D eigenvalue weighted by Crippen LogP contribution is -2.25. The average Bonchev–Trinajstić information content (AvgIpc) is 3.53. The number of aliphatic hydroxyl groups is 1. The highest BCUT2D eigenvalue weighted by molar-refractivity contribution is 5.87. The van der Waals surface area contributed by atoms with Gasteiger partial charge < -0.3 is 29.2 Å². The van der Waals surface area contributed by atoms with E-state index in [1.165, 1.54) is 6.92 Å². The second kappa shape index (κ2) is 16.7. The van der Waals surface area contributed by atoms with Gasteiger partial charge in [-0.05, 0) is 13.8 Å². The van der Waals surface area contributed by atoms with E-state index in [0.29, 0.717) is 18.8 Å². The van der Waals surface area contributed by atoms with Crippen molar-refractivity contribution in [2.24, 2.45) is 0 Å². The minimum absolute atomic E-state index is 0.142. The molecule has 1 rings (SSSR count). The zero-order chi connectivity index (χ0) is 23.7. The molecule has 1 fully saturated rings. The molecular weight excluding hydrogens is 400 g/mol. The number of aliphatic carboxylic acids is 1. The molecule has 0 aromatic rings. The Bertz CT molecular complexity index is 646. The van der Waals surface area contributed by atoms with E-state index >= 15 is 0 Å². The fraction of sp³-hybridized carbons (Fsp3) is 0.400. The molecule has 1 saturated heterocycles. The van der Waals surface area contributed by atoms with Gasteiger partial charge in [-0.15, -0.1) is 0 Å². The highest BCUT2D eigenvalue weighted by Crippen LogP contribution is 2.09. The van der Waals surface area contributed by atoms with Crippen LogP contribution in [0.15, 0.2) is 49.6 Å². The van der Waals surface area contributed by atoms with Gasteiger partial charge in [0.15, 0.2) is 0 Å². The third kappa shape index (κ3) is 19.5. The largest absolute Gasteiger partial charge is 0.478 e. The fourth-order valence-electron chi connectivity index (χ4n) is 1.04. The Morgan fingerprint density at radius 3 is 1.80 bits per heavy atom. The molecule has 0 radical (unpaired) electrons. The molecule has 168 valence electrons. The number of carbonyl (C=O) groups is 4. The van der Waals surface area contributed by atoms with Crippen LogP contribution in [0.5, 0.6) is 0 Å². The van der Waals surface area contributed by atoms with Crippen LogP contribution in [0.25, 0.3) is 0 Å². The standard InChI is InChI=1S/C10H14O5.C7H10O3.C3H4O2/c1-4-9(12)14-5-8(11)6-15-10(13)7(2)3;1-5(2)7(8)10-4-6-3-9-6;1-2-3(4)5/h4,8,11H,1-2,5-6H2,3H3;6H,1,3-4H2,2H3;2H,1H2,(H,4,5). The lowest BCUT2D eigenvalue weighted by Gasteiger charge is -2.10. The molecule has 10 heteroatoms. The summed E-state index contributed by atoms with van der Waals surface area (Å²) in [5.41, 5.74) is 0.672. The quantitative estimate of drug-likeness (QED) is 0.223. The molecular formula is C20H28O10. The van der Waals surface area contributed by atoms with E-state index in [2.05, 4.69) is 35.8 Å². The van der Waals surface area contributed by atoms with Crippen molar-refractivity contribution in [3.05, 3.63) is 49.6 Å². The van der Waals surface area contributed by atoms with E-state index in [1.54, 1.807) is 6.92 Å². The topological polar surface area (TPSA) is 149 Å². The van der Waals surface area contributed by atoms with Gasteiger partial charge in [-0.1, -0.05) is 26.3 Å². The summed E-state index contributed by atoms with van der Waals surface area (Å²) in [7, 11) is 0. The highest BCUT2D eigenvalue weighted by Gasteiger charge is 2.24. The molecule has 2 atom stereocenters. The molecule has 2 unspecified atom stereocenters. The molecule has 1 heterocycles. The van der Waals surface area contributed by atoms with Crippen LogP contribution in [0.1, 0.15) is 13.8 Å². The van der Waals surface area contributed by atoms with Gasteiger partial charge in [-0.2, -0.15) is 0 Å². The summed E-state index contributed by atoms with van der Waals surface area (Å²) in [6.07, 6.45) is 0.910. The van der Waals surface area contributed by atoms with Crippen molar-refractivity contribution in [3.8, 4) is 0 Å². The summed E-state index contributed by atoms with van der Waals surface area (Å²) in [6, 6.07) is 0. The lowest BCUT2D eigenvalue weighted by molar-refractivity contribution is -0.147. The summed E-state index contributed by atoms with van der Waals surface area (Å²) >= 11 is 0. The monoisotopic (exact) mass is 428 g/mol. The SMILES string of the molecule is C=C(C)C(=O)OCC1CO1.C=CC(=O)O.C=CC(=O)OCC(O)COC(=O)C(=C)C. The first-order chi connectivity index (χ1) is 13.9. The summed E-state index contributed by atoms with van der Waals surface area (Å²) in [6.45, 7) is 16.7. The Kier molecular flexibility index (Phi) is 16.1. The maximum absolute atomic E-state index is 10.9. The predicted molar refractivity (Wildman–Crippen MR) is 106 cm³/mol. The van der Waals surface area contributed by atoms with Gasteiger partial charge in [0.1, 0.15) is 32.0 Å². The number of epoxide rings is 1. The van der Waals surface area contributed by atoms with Crippen molar-refractivity contribution < 1.29 is 48.3 Å². The second-order valence-electron chi connectivity index (χ2n) is 5.74. The highest BCUT2D eigenvalue weighted by atomic mass is 16.6. The summed E-state index contributed by atoms with van der Waals surface area (Å²) in [5, 5.41) is 16.8. The molecule has 0 aromatic heterocycles. The molecule has 2 N–H and O–H groups in total. The van der Waals surface area contributed by atoms with Gasteiger partial charge >= 0.3 is 23.9 Å². The van der Waals surface area contributed by atoms with Crippen LogP contribution in [0, 0.1) is 0 Å². The van der Waals surface area contributed by atoms with Crippen molar-refractivity contribution in [3.63, 3.8) is 0 Å². The van der Waals surface area contributed by atoms with Crippen LogP contribution in [-0.4, -0.2) is 72.7 Å². The van der Waals surface area contributed by atoms with Gasteiger partial charge in [0.2, 0.25) is 0 Å². The Morgan fingerprint density at radius 1 is 1.00 bits per heavy atom. The number of carbonyl (C=O) groups excluding carboxylic acids is 3. The minimum Gasteiger partial charge on any atom is -0.478 e. The van der Waals surface area contributed by atoms with Crippen molar-refractivity contribution in [2.75, 3.05) is 26.4 Å². The third-order valence-electron chi connectivity index (χ3n) is 2.67. The van der Waals surface area contributed by atoms with Crippen molar-refractivity contribution in [2.45, 2.75) is 26.1 Å². The second-order valence-corrected chi connectivity index (χ2v) is 5.74. The number of hydrogen-bond acceptors (Lipinski definition) is 9. The molecule has 0 bridgehead atoms. The predicted octanol–water partition coefficient (Wildman–Crippen LogP) is 0.957. The maximum atomic E-state index is 10.9. The van der Waals surface area contributed by atoms with Crippen LogP contribution in [-0.2, 0) is 38.1 Å². The first-order valence-electron chi connectivity index (χ1n) is 8.54. The molecule has 0 aromatic carbocycles. The molecule has 1 aliphatic heterocycles. The van der Waals surface area contributed by atoms with Crippen LogP contribution in [0.3, 0.4) is 0 Å². The number of carboxylic acids is 1. The number of esters is 3. The number of aliphatic hydroxyl groups excluding tert-OH is 1. The van der Waals surface area contributed by atoms with Gasteiger partial charge in [0.25, 0.3) is 0 Å². The smallest absolute Gasteiger partial charge is 0.333 e. The van der Waals surface area contributed by atoms with Gasteiger partial charge in [-0.25, -0.2) is 19.2 Å². The van der Waals surface area contributed by atoms with Crippen molar-refractivity contribution in [1.29, 1.82) is 0 Å². The Balaban J connectivity index is 0. The molecule has 0 amide bonds. The lowest BCUT2D eigenvalue weighted by atomic mass is 10.3. The van der Waals surface area contributed by atoms with E-state index < -0.39 is 24.0 Å². The van der Waals surface area contributed by atoms with Crippen LogP contribution >= 0.6 is 0 Å². The van der Waals surface area contributed by atoms with Gasteiger partial charge in [0.05, 0.1) is 6.61 Å². The van der Waals surface area contributed by atoms with Crippen LogP contribution < -0.4 is 0 Å². The van der Waals surface area contributed by atoms with Crippen LogP contribution in [0.4, 0.5) is 0 Å². The van der Waals surface area contributed by atoms with E-state index in [4.69, 9.17) is 14.6 Å². The maximum Gasteiger partial charge on any atom is 0.333 e. The van der Waals surface area contributed by atoms with E-state index in [0.717, 1.165) is 12.2 Å². The number of carboxylic acid groups (broad SMARTS) is 1. The molecule has 1 aliphatic rings. The van der Waals surface area contributed by atoms with Crippen LogP contribution in [0.2, 0.25) is 0 Å². The van der Waals surface area contributed by atoms with E-state index in [-0.39, 0.29) is 30.9 Å². The number of rotatable bonds is 10. The summed E-state index contributed by atoms with van der Waals surface area (Å²) < 4.78 is 18.7. The summed E-state index contributed by atoms with van der Waals surface area (Å²) in [4.78, 5) is 41.4. The summed E-state index contributed by atoms with van der Waals surface area (Å²) in [5.74, 6) is -2.55. The van der Waals surface area contributed by atoms with Gasteiger partial charge in [-0.3, -0.25) is 0 Å². The third-order valence-corrected chi connectivity index (χ3v) is 2.67. The molecule has 10 nitrogen and oxygen atoms in total. The first kappa shape index (κ1) is 29.0. The molecule has 0 aliphatic carbocycles. The Hall–Kier alpha value is -3.24. The minimum atomic E-state index is -1.04. The first-order valence-corrected chi connectivity index (χ1v) is 8.54. The number of ether oxygens (including phenoxy) is 4. The van der Waals surface area contributed by atoms with Crippen molar-refractivity contribution >= 4 is 23.9 Å². The van der Waals surface area contributed by atoms with Crippen molar-refractivity contribution in [1.82, 2.24) is 0 Å². The average molecular weight is 428 g/mol. The Morgan fingerprint density at radius 2 is 1.43 bits per heavy atom.